The average Bonchev–Trinajstić information content (AvgIpc) is 2.57. The minimum atomic E-state index is -0.559. The zero-order chi connectivity index (χ0) is 20.5. The second kappa shape index (κ2) is 9.41. The van der Waals surface area contributed by atoms with Gasteiger partial charge in [0, 0.05) is 5.54 Å². The zero-order valence-corrected chi connectivity index (χ0v) is 19.7. The summed E-state index contributed by atoms with van der Waals surface area (Å²) < 4.78 is 26.9. The summed E-state index contributed by atoms with van der Waals surface area (Å²) in [4.78, 5) is 11.4. The van der Waals surface area contributed by atoms with Crippen LogP contribution < -0.4 is 11.5 Å². The Bertz CT molecular complexity index is 902. The smallest absolute Gasteiger partial charge is 0.228 e. The summed E-state index contributed by atoms with van der Waals surface area (Å²) in [6, 6.07) is 9.69. The number of hydrogen-bond acceptors (Lipinski definition) is 2. The first-order valence-corrected chi connectivity index (χ1v) is 10.8. The molecule has 4 N–H and O–H groups in total. The highest BCUT2D eigenvalue weighted by atomic mass is 79.9. The predicted molar refractivity (Wildman–Crippen MR) is 120 cm³/mol. The Morgan fingerprint density at radius 3 is 1.66 bits per heavy atom. The molecule has 2 saturated carbocycles. The van der Waals surface area contributed by atoms with E-state index in [2.05, 4.69) is 31.9 Å². The topological polar surface area (TPSA) is 69.1 Å². The number of carbonyl (C=O) groups is 1. The molecule has 2 aliphatic rings. The van der Waals surface area contributed by atoms with Gasteiger partial charge in [-0.3, -0.25) is 4.79 Å². The maximum Gasteiger partial charge on any atom is 0.228 e. The van der Waals surface area contributed by atoms with Crippen molar-refractivity contribution < 1.29 is 13.6 Å². The summed E-state index contributed by atoms with van der Waals surface area (Å²) in [5, 5.41) is 0. The van der Waals surface area contributed by atoms with Crippen molar-refractivity contribution in [1.82, 2.24) is 0 Å². The standard InChI is InChI=1S/C11H11BrFNO.C10H11BrFN.ClH/c12-8-6-7(2-3-9(8)13)11(10(14)15)4-1-5-11;11-8-6-7(2-3-9(8)12)10(13)4-1-5-10;/h2-3,6H,1,4-5H2,(H2,14,15);2-3,6H,1,4-5,13H2;1H. The van der Waals surface area contributed by atoms with E-state index in [1.807, 2.05) is 0 Å². The van der Waals surface area contributed by atoms with Gasteiger partial charge >= 0.3 is 0 Å². The Kier molecular flexibility index (Phi) is 7.87. The van der Waals surface area contributed by atoms with E-state index < -0.39 is 5.41 Å². The molecule has 0 unspecified atom stereocenters. The Labute approximate surface area is 192 Å². The number of hydrogen-bond donors (Lipinski definition) is 2. The fourth-order valence-electron chi connectivity index (χ4n) is 3.65. The molecule has 8 heteroatoms. The van der Waals surface area contributed by atoms with Gasteiger partial charge in [-0.05, 0) is 99.4 Å². The van der Waals surface area contributed by atoms with Crippen molar-refractivity contribution in [2.24, 2.45) is 11.5 Å². The molecule has 2 fully saturated rings. The first-order chi connectivity index (χ1) is 13.2. The molecule has 3 nitrogen and oxygen atoms in total. The highest BCUT2D eigenvalue weighted by Crippen LogP contribution is 2.44. The molecule has 0 saturated heterocycles. The van der Waals surface area contributed by atoms with Crippen LogP contribution in [0.1, 0.15) is 49.7 Å². The van der Waals surface area contributed by atoms with Gasteiger partial charge in [-0.1, -0.05) is 18.6 Å². The van der Waals surface area contributed by atoms with E-state index in [0.717, 1.165) is 43.2 Å². The molecule has 1 amide bonds. The van der Waals surface area contributed by atoms with Crippen molar-refractivity contribution in [2.45, 2.75) is 49.5 Å². The Hall–Kier alpha value is -1.02. The van der Waals surface area contributed by atoms with Crippen LogP contribution in [0.25, 0.3) is 0 Å². The lowest BCUT2D eigenvalue weighted by Gasteiger charge is -2.39. The van der Waals surface area contributed by atoms with Crippen LogP contribution in [0.5, 0.6) is 0 Å². The number of rotatable bonds is 3. The molecule has 158 valence electrons. The van der Waals surface area contributed by atoms with Crippen LogP contribution in [0, 0.1) is 11.6 Å². The van der Waals surface area contributed by atoms with Gasteiger partial charge in [-0.2, -0.15) is 0 Å². The molecule has 0 bridgehead atoms. The van der Waals surface area contributed by atoms with Gasteiger partial charge in [-0.25, -0.2) is 8.78 Å². The largest absolute Gasteiger partial charge is 0.369 e. The second-order valence-corrected chi connectivity index (χ2v) is 9.28. The quantitative estimate of drug-likeness (QED) is 0.502. The molecule has 4 rings (SSSR count). The Morgan fingerprint density at radius 2 is 1.31 bits per heavy atom. The normalized spacial score (nSPS) is 18.2. The molecule has 0 spiro atoms. The molecule has 2 aromatic rings. The number of primary amides is 1. The van der Waals surface area contributed by atoms with Gasteiger partial charge < -0.3 is 11.5 Å². The summed E-state index contributed by atoms with van der Waals surface area (Å²) in [6.45, 7) is 0. The SMILES string of the molecule is Cl.NC(=O)C1(c2ccc(F)c(Br)c2)CCC1.NC1(c2ccc(F)c(Br)c2)CCC1. The van der Waals surface area contributed by atoms with E-state index in [-0.39, 0.29) is 35.5 Å². The lowest BCUT2D eigenvalue weighted by atomic mass is 9.64. The van der Waals surface area contributed by atoms with Gasteiger partial charge in [0.15, 0.2) is 0 Å². The number of carbonyl (C=O) groups excluding carboxylic acids is 1. The maximum atomic E-state index is 13.0. The Morgan fingerprint density at radius 1 is 0.862 bits per heavy atom. The van der Waals surface area contributed by atoms with E-state index in [9.17, 15) is 13.6 Å². The third-order valence-corrected chi connectivity index (χ3v) is 7.11. The van der Waals surface area contributed by atoms with Crippen molar-refractivity contribution >= 4 is 50.2 Å². The van der Waals surface area contributed by atoms with E-state index in [4.69, 9.17) is 11.5 Å². The van der Waals surface area contributed by atoms with E-state index >= 15 is 0 Å². The zero-order valence-electron chi connectivity index (χ0n) is 15.7. The van der Waals surface area contributed by atoms with Crippen molar-refractivity contribution in [3.05, 3.63) is 68.1 Å². The highest BCUT2D eigenvalue weighted by Gasteiger charge is 2.44. The third-order valence-electron chi connectivity index (χ3n) is 5.89. The molecule has 0 heterocycles. The van der Waals surface area contributed by atoms with Crippen LogP contribution in [0.2, 0.25) is 0 Å². The van der Waals surface area contributed by atoms with E-state index in [0.29, 0.717) is 8.95 Å². The number of nitrogens with two attached hydrogens (primary N) is 2. The second-order valence-electron chi connectivity index (χ2n) is 7.57. The van der Waals surface area contributed by atoms with Gasteiger partial charge in [0.25, 0.3) is 0 Å². The first-order valence-electron chi connectivity index (χ1n) is 9.18. The van der Waals surface area contributed by atoms with Crippen LogP contribution in [-0.4, -0.2) is 5.91 Å². The van der Waals surface area contributed by atoms with Crippen LogP contribution in [0.4, 0.5) is 8.78 Å². The first kappa shape index (κ1) is 24.3. The Balaban J connectivity index is 0.000000202. The molecule has 2 aliphatic carbocycles. The van der Waals surface area contributed by atoms with Gasteiger partial charge in [0.1, 0.15) is 11.6 Å². The lowest BCUT2D eigenvalue weighted by Crippen LogP contribution is -2.46. The molecule has 2 aromatic carbocycles. The molecule has 29 heavy (non-hydrogen) atoms. The third kappa shape index (κ3) is 4.84. The van der Waals surface area contributed by atoms with Crippen LogP contribution in [0.3, 0.4) is 0 Å². The molecule has 0 atom stereocenters. The van der Waals surface area contributed by atoms with Crippen molar-refractivity contribution in [2.75, 3.05) is 0 Å². The molecule has 0 radical (unpaired) electrons. The van der Waals surface area contributed by atoms with Crippen LogP contribution in [-0.2, 0) is 15.7 Å². The highest BCUT2D eigenvalue weighted by molar-refractivity contribution is 9.10. The molecule has 0 aliphatic heterocycles. The number of amides is 1. The van der Waals surface area contributed by atoms with Gasteiger partial charge in [0.2, 0.25) is 5.91 Å². The maximum absolute atomic E-state index is 13.0. The number of halogens is 5. The van der Waals surface area contributed by atoms with Crippen LogP contribution >= 0.6 is 44.3 Å². The van der Waals surface area contributed by atoms with Crippen molar-refractivity contribution in [3.63, 3.8) is 0 Å². The van der Waals surface area contributed by atoms with Gasteiger partial charge in [0.05, 0.1) is 14.4 Å². The van der Waals surface area contributed by atoms with E-state index in [1.165, 1.54) is 18.6 Å². The summed E-state index contributed by atoms with van der Waals surface area (Å²) in [5.74, 6) is -0.864. The summed E-state index contributed by atoms with van der Waals surface area (Å²) >= 11 is 6.28. The van der Waals surface area contributed by atoms with Crippen molar-refractivity contribution in [3.8, 4) is 0 Å². The van der Waals surface area contributed by atoms with Crippen LogP contribution in [0.15, 0.2) is 45.3 Å². The lowest BCUT2D eigenvalue weighted by molar-refractivity contribution is -0.126. The molecular formula is C21H23Br2ClF2N2O. The minimum Gasteiger partial charge on any atom is -0.369 e. The summed E-state index contributed by atoms with van der Waals surface area (Å²) in [7, 11) is 0. The van der Waals surface area contributed by atoms with Crippen molar-refractivity contribution in [1.29, 1.82) is 0 Å². The number of benzene rings is 2. The average molecular weight is 553 g/mol. The van der Waals surface area contributed by atoms with E-state index in [1.54, 1.807) is 24.3 Å². The summed E-state index contributed by atoms with van der Waals surface area (Å²) in [6.07, 6.45) is 5.71. The minimum absolute atomic E-state index is 0. The molecular weight excluding hydrogens is 530 g/mol. The fraction of sp³-hybridized carbons (Fsp3) is 0.381. The monoisotopic (exact) mass is 550 g/mol. The predicted octanol–water partition coefficient (Wildman–Crippen LogP) is 5.84. The molecule has 0 aromatic heterocycles. The summed E-state index contributed by atoms with van der Waals surface area (Å²) in [5.41, 5.74) is 12.6. The van der Waals surface area contributed by atoms with Gasteiger partial charge in [-0.15, -0.1) is 12.4 Å². The fourth-order valence-corrected chi connectivity index (χ4v) is 4.41.